The van der Waals surface area contributed by atoms with Crippen LogP contribution in [0.15, 0.2) is 41.3 Å². The second kappa shape index (κ2) is 5.87. The number of rotatable bonds is 2. The average molecular weight is 312 g/mol. The molecule has 0 saturated heterocycles. The fourth-order valence-electron chi connectivity index (χ4n) is 1.62. The van der Waals surface area contributed by atoms with Gasteiger partial charge in [0.2, 0.25) is 0 Å². The zero-order valence-electron chi connectivity index (χ0n) is 10.1. The topological polar surface area (TPSA) is 29.1 Å². The molecule has 0 unspecified atom stereocenters. The van der Waals surface area contributed by atoms with Gasteiger partial charge >= 0.3 is 0 Å². The van der Waals surface area contributed by atoms with Crippen LogP contribution in [0.25, 0.3) is 0 Å². The molecule has 2 nitrogen and oxygen atoms in total. The van der Waals surface area contributed by atoms with Crippen LogP contribution in [-0.4, -0.2) is 5.91 Å². The molecule has 0 saturated carbocycles. The van der Waals surface area contributed by atoms with E-state index in [0.29, 0.717) is 26.2 Å². The normalized spacial score (nSPS) is 10.3. The van der Waals surface area contributed by atoms with Crippen LogP contribution >= 0.6 is 35.8 Å². The molecule has 0 fully saturated rings. The summed E-state index contributed by atoms with van der Waals surface area (Å²) >= 11 is 16.2. The second-order valence-electron chi connectivity index (χ2n) is 4.03. The van der Waals surface area contributed by atoms with Gasteiger partial charge in [-0.15, -0.1) is 12.6 Å². The van der Waals surface area contributed by atoms with Crippen LogP contribution in [0.5, 0.6) is 0 Å². The molecule has 5 heteroatoms. The van der Waals surface area contributed by atoms with Crippen molar-refractivity contribution in [1.29, 1.82) is 0 Å². The average Bonchev–Trinajstić information content (AvgIpc) is 2.38. The van der Waals surface area contributed by atoms with E-state index in [2.05, 4.69) is 17.9 Å². The Morgan fingerprint density at radius 3 is 2.63 bits per heavy atom. The van der Waals surface area contributed by atoms with Crippen molar-refractivity contribution in [2.24, 2.45) is 0 Å². The molecule has 0 atom stereocenters. The first-order valence-electron chi connectivity index (χ1n) is 5.54. The van der Waals surface area contributed by atoms with E-state index in [-0.39, 0.29) is 5.91 Å². The lowest BCUT2D eigenvalue weighted by atomic mass is 10.1. The summed E-state index contributed by atoms with van der Waals surface area (Å²) in [6.45, 7) is 1.84. The fourth-order valence-corrected chi connectivity index (χ4v) is 2.20. The minimum atomic E-state index is -0.286. The van der Waals surface area contributed by atoms with Crippen LogP contribution < -0.4 is 5.32 Å². The van der Waals surface area contributed by atoms with Crippen LogP contribution in [0.4, 0.5) is 5.69 Å². The third kappa shape index (κ3) is 3.24. The van der Waals surface area contributed by atoms with E-state index >= 15 is 0 Å². The summed E-state index contributed by atoms with van der Waals surface area (Å²) in [7, 11) is 0. The molecule has 0 aliphatic heterocycles. The largest absolute Gasteiger partial charge is 0.322 e. The van der Waals surface area contributed by atoms with Crippen LogP contribution in [0, 0.1) is 6.92 Å². The Balaban J connectivity index is 2.31. The van der Waals surface area contributed by atoms with E-state index in [1.165, 1.54) is 0 Å². The summed E-state index contributed by atoms with van der Waals surface area (Å²) in [5, 5.41) is 3.78. The Morgan fingerprint density at radius 1 is 1.16 bits per heavy atom. The van der Waals surface area contributed by atoms with Crippen molar-refractivity contribution in [3.05, 3.63) is 57.6 Å². The van der Waals surface area contributed by atoms with Crippen molar-refractivity contribution in [3.63, 3.8) is 0 Å². The molecule has 0 aliphatic carbocycles. The first-order valence-corrected chi connectivity index (χ1v) is 6.74. The first-order chi connectivity index (χ1) is 8.99. The van der Waals surface area contributed by atoms with Gasteiger partial charge in [-0.25, -0.2) is 0 Å². The summed E-state index contributed by atoms with van der Waals surface area (Å²) in [6.07, 6.45) is 0. The Bertz CT molecular complexity index is 643. The highest BCUT2D eigenvalue weighted by Gasteiger charge is 2.12. The predicted octanol–water partition coefficient (Wildman–Crippen LogP) is 4.84. The van der Waals surface area contributed by atoms with Gasteiger partial charge in [-0.3, -0.25) is 4.79 Å². The van der Waals surface area contributed by atoms with E-state index in [4.69, 9.17) is 23.2 Å². The molecule has 1 N–H and O–H groups in total. The SMILES string of the molecule is Cc1c(Cl)cccc1NC(=O)c1cc(S)ccc1Cl. The van der Waals surface area contributed by atoms with Crippen molar-refractivity contribution in [2.75, 3.05) is 5.32 Å². The van der Waals surface area contributed by atoms with E-state index in [1.54, 1.807) is 36.4 Å². The maximum atomic E-state index is 12.2. The molecule has 0 bridgehead atoms. The first kappa shape index (κ1) is 14.3. The second-order valence-corrected chi connectivity index (χ2v) is 5.36. The Morgan fingerprint density at radius 2 is 1.89 bits per heavy atom. The number of amides is 1. The van der Waals surface area contributed by atoms with Gasteiger partial charge in [0.15, 0.2) is 0 Å². The number of halogens is 2. The summed E-state index contributed by atoms with van der Waals surface area (Å²) in [5.41, 5.74) is 1.86. The third-order valence-electron chi connectivity index (χ3n) is 2.71. The summed E-state index contributed by atoms with van der Waals surface area (Å²) in [5.74, 6) is -0.286. The Labute approximate surface area is 127 Å². The molecule has 0 radical (unpaired) electrons. The number of hydrogen-bond acceptors (Lipinski definition) is 2. The molecule has 2 aromatic rings. The van der Waals surface area contributed by atoms with E-state index < -0.39 is 0 Å². The van der Waals surface area contributed by atoms with Crippen molar-refractivity contribution in [2.45, 2.75) is 11.8 Å². The minimum absolute atomic E-state index is 0.286. The van der Waals surface area contributed by atoms with Gasteiger partial charge in [0.05, 0.1) is 10.6 Å². The maximum absolute atomic E-state index is 12.2. The van der Waals surface area contributed by atoms with E-state index in [1.807, 2.05) is 6.92 Å². The molecule has 19 heavy (non-hydrogen) atoms. The smallest absolute Gasteiger partial charge is 0.257 e. The third-order valence-corrected chi connectivity index (χ3v) is 3.73. The molecule has 0 aliphatic rings. The van der Waals surface area contributed by atoms with Gasteiger partial charge in [0.25, 0.3) is 5.91 Å². The van der Waals surface area contributed by atoms with Gasteiger partial charge < -0.3 is 5.32 Å². The van der Waals surface area contributed by atoms with Crippen LogP contribution in [0.2, 0.25) is 10.0 Å². The summed E-state index contributed by atoms with van der Waals surface area (Å²) < 4.78 is 0. The molecule has 1 amide bonds. The monoisotopic (exact) mass is 311 g/mol. The Kier molecular flexibility index (Phi) is 4.40. The predicted molar refractivity (Wildman–Crippen MR) is 82.8 cm³/mol. The van der Waals surface area contributed by atoms with Gasteiger partial charge in [-0.1, -0.05) is 29.3 Å². The van der Waals surface area contributed by atoms with Gasteiger partial charge in [0.1, 0.15) is 0 Å². The summed E-state index contributed by atoms with van der Waals surface area (Å²) in [6, 6.07) is 10.3. The number of benzene rings is 2. The molecule has 0 aromatic heterocycles. The highest BCUT2D eigenvalue weighted by atomic mass is 35.5. The van der Waals surface area contributed by atoms with Crippen molar-refractivity contribution >= 4 is 47.4 Å². The van der Waals surface area contributed by atoms with Gasteiger partial charge in [0, 0.05) is 15.6 Å². The highest BCUT2D eigenvalue weighted by molar-refractivity contribution is 7.80. The molecule has 2 rings (SSSR count). The van der Waals surface area contributed by atoms with Gasteiger partial charge in [-0.2, -0.15) is 0 Å². The number of thiol groups is 1. The zero-order valence-corrected chi connectivity index (χ0v) is 12.5. The van der Waals surface area contributed by atoms with Crippen LogP contribution in [-0.2, 0) is 0 Å². The molecule has 98 valence electrons. The quantitative estimate of drug-likeness (QED) is 0.763. The maximum Gasteiger partial charge on any atom is 0.257 e. The zero-order chi connectivity index (χ0) is 14.0. The number of carbonyl (C=O) groups is 1. The summed E-state index contributed by atoms with van der Waals surface area (Å²) in [4.78, 5) is 12.9. The molecule has 0 spiro atoms. The number of nitrogens with one attached hydrogen (secondary N) is 1. The number of carbonyl (C=O) groups excluding carboxylic acids is 1. The van der Waals surface area contributed by atoms with E-state index in [0.717, 1.165) is 5.56 Å². The fraction of sp³-hybridized carbons (Fsp3) is 0.0714. The molecular weight excluding hydrogens is 301 g/mol. The van der Waals surface area contributed by atoms with Gasteiger partial charge in [-0.05, 0) is 42.8 Å². The Hall–Kier alpha value is -1.16. The highest BCUT2D eigenvalue weighted by Crippen LogP contribution is 2.25. The molecule has 2 aromatic carbocycles. The molecular formula is C14H11Cl2NOS. The minimum Gasteiger partial charge on any atom is -0.322 e. The van der Waals surface area contributed by atoms with Crippen molar-refractivity contribution in [1.82, 2.24) is 0 Å². The number of hydrogen-bond donors (Lipinski definition) is 2. The number of anilines is 1. The van der Waals surface area contributed by atoms with Crippen molar-refractivity contribution in [3.8, 4) is 0 Å². The van der Waals surface area contributed by atoms with Crippen LogP contribution in [0.3, 0.4) is 0 Å². The molecule has 0 heterocycles. The van der Waals surface area contributed by atoms with Crippen LogP contribution in [0.1, 0.15) is 15.9 Å². The lowest BCUT2D eigenvalue weighted by Gasteiger charge is -2.10. The standard InChI is InChI=1S/C14H11Cl2NOS/c1-8-11(15)3-2-4-13(8)17-14(18)10-7-9(19)5-6-12(10)16/h2-7,19H,1H3,(H,17,18). The van der Waals surface area contributed by atoms with Crippen molar-refractivity contribution < 1.29 is 4.79 Å². The lowest BCUT2D eigenvalue weighted by molar-refractivity contribution is 0.102. The lowest BCUT2D eigenvalue weighted by Crippen LogP contribution is -2.13. The van der Waals surface area contributed by atoms with E-state index in [9.17, 15) is 4.79 Å².